The van der Waals surface area contributed by atoms with Crippen LogP contribution in [0.5, 0.6) is 0 Å². The Labute approximate surface area is 138 Å². The molecule has 1 aliphatic rings. The minimum Gasteiger partial charge on any atom is -0.465 e. The molecule has 0 aromatic heterocycles. The molecule has 0 radical (unpaired) electrons. The van der Waals surface area contributed by atoms with Crippen LogP contribution in [0.4, 0.5) is 9.18 Å². The number of fused-ring (bicyclic) bond motifs is 1. The van der Waals surface area contributed by atoms with Crippen LogP contribution in [0.1, 0.15) is 33.1 Å². The lowest BCUT2D eigenvalue weighted by molar-refractivity contribution is 0.0963. The quantitative estimate of drug-likeness (QED) is 0.890. The largest absolute Gasteiger partial charge is 0.465 e. The van der Waals surface area contributed by atoms with E-state index in [9.17, 15) is 19.1 Å². The van der Waals surface area contributed by atoms with Crippen molar-refractivity contribution in [2.75, 3.05) is 13.6 Å². The fraction of sp³-hybridized carbons (Fsp3) is 0.222. The molecule has 0 saturated carbocycles. The van der Waals surface area contributed by atoms with Crippen LogP contribution in [0.2, 0.25) is 0 Å². The molecule has 0 spiro atoms. The molecule has 0 bridgehead atoms. The molecular weight excluding hydrogens is 311 g/mol. The molecule has 2 N–H and O–H groups in total. The second-order valence-electron chi connectivity index (χ2n) is 5.67. The Morgan fingerprint density at radius 2 is 1.92 bits per heavy atom. The summed E-state index contributed by atoms with van der Waals surface area (Å²) in [6.45, 7) is 0.351. The van der Waals surface area contributed by atoms with Crippen molar-refractivity contribution in [1.29, 1.82) is 0 Å². The van der Waals surface area contributed by atoms with E-state index < -0.39 is 12.1 Å². The second-order valence-corrected chi connectivity index (χ2v) is 5.67. The summed E-state index contributed by atoms with van der Waals surface area (Å²) in [6.07, 6.45) is -0.465. The number of hydrogen-bond acceptors (Lipinski definition) is 2. The number of nitrogens with zero attached hydrogens (tertiary/aromatic N) is 1. The van der Waals surface area contributed by atoms with Crippen LogP contribution in [0.15, 0.2) is 42.5 Å². The Morgan fingerprint density at radius 3 is 2.54 bits per heavy atom. The maximum atomic E-state index is 13.2. The summed E-state index contributed by atoms with van der Waals surface area (Å²) in [4.78, 5) is 24.9. The minimum absolute atomic E-state index is 0.233. The van der Waals surface area contributed by atoms with Crippen LogP contribution in [0.3, 0.4) is 0 Å². The molecule has 1 heterocycles. The van der Waals surface area contributed by atoms with E-state index >= 15 is 0 Å². The Morgan fingerprint density at radius 1 is 1.21 bits per heavy atom. The third kappa shape index (κ3) is 2.82. The summed E-state index contributed by atoms with van der Waals surface area (Å²) in [6, 6.07) is 10.5. The monoisotopic (exact) mass is 328 g/mol. The fourth-order valence-electron chi connectivity index (χ4n) is 3.11. The number of amides is 2. The predicted molar refractivity (Wildman–Crippen MR) is 86.5 cm³/mol. The lowest BCUT2D eigenvalue weighted by Crippen LogP contribution is -2.40. The highest BCUT2D eigenvalue weighted by Crippen LogP contribution is 2.35. The molecule has 1 aliphatic heterocycles. The van der Waals surface area contributed by atoms with E-state index in [-0.39, 0.29) is 11.7 Å². The molecule has 0 unspecified atom stereocenters. The van der Waals surface area contributed by atoms with E-state index in [2.05, 4.69) is 5.32 Å². The summed E-state index contributed by atoms with van der Waals surface area (Å²) in [7, 11) is 1.54. The lowest BCUT2D eigenvalue weighted by Gasteiger charge is -2.36. The number of benzene rings is 2. The molecule has 2 amide bonds. The first-order valence-corrected chi connectivity index (χ1v) is 7.61. The fourth-order valence-corrected chi connectivity index (χ4v) is 3.11. The predicted octanol–water partition coefficient (Wildman–Crippen LogP) is 2.81. The number of carboxylic acid groups (broad SMARTS) is 1. The van der Waals surface area contributed by atoms with E-state index in [1.54, 1.807) is 31.3 Å². The van der Waals surface area contributed by atoms with Gasteiger partial charge in [0.05, 0.1) is 6.04 Å². The first-order valence-electron chi connectivity index (χ1n) is 7.61. The number of carbonyl (C=O) groups excluding carboxylic acids is 1. The van der Waals surface area contributed by atoms with Gasteiger partial charge in [0.1, 0.15) is 5.82 Å². The zero-order valence-corrected chi connectivity index (χ0v) is 13.1. The SMILES string of the molecule is CNC(=O)c1ccc2c(c1)[C@H](c1ccc(F)cc1)N(C(=O)O)CC2. The van der Waals surface area contributed by atoms with E-state index in [1.165, 1.54) is 17.0 Å². The summed E-state index contributed by atoms with van der Waals surface area (Å²) >= 11 is 0. The van der Waals surface area contributed by atoms with Gasteiger partial charge in [0, 0.05) is 19.2 Å². The first-order chi connectivity index (χ1) is 11.5. The van der Waals surface area contributed by atoms with Crippen molar-refractivity contribution in [2.45, 2.75) is 12.5 Å². The van der Waals surface area contributed by atoms with Gasteiger partial charge in [-0.15, -0.1) is 0 Å². The molecular formula is C18H17FN2O3. The van der Waals surface area contributed by atoms with Crippen LogP contribution in [0.25, 0.3) is 0 Å². The van der Waals surface area contributed by atoms with Crippen molar-refractivity contribution in [3.05, 3.63) is 70.5 Å². The average molecular weight is 328 g/mol. The highest BCUT2D eigenvalue weighted by Gasteiger charge is 2.32. The highest BCUT2D eigenvalue weighted by atomic mass is 19.1. The molecule has 124 valence electrons. The van der Waals surface area contributed by atoms with Crippen molar-refractivity contribution in [3.63, 3.8) is 0 Å². The molecule has 2 aromatic carbocycles. The van der Waals surface area contributed by atoms with Gasteiger partial charge in [-0.25, -0.2) is 9.18 Å². The molecule has 0 aliphatic carbocycles. The number of carbonyl (C=O) groups is 2. The van der Waals surface area contributed by atoms with Gasteiger partial charge in [0.2, 0.25) is 0 Å². The molecule has 6 heteroatoms. The summed E-state index contributed by atoms with van der Waals surface area (Å²) in [5.41, 5.74) is 2.90. The Bertz CT molecular complexity index is 789. The van der Waals surface area contributed by atoms with Crippen LogP contribution in [-0.4, -0.2) is 35.6 Å². The van der Waals surface area contributed by atoms with E-state index in [0.717, 1.165) is 11.1 Å². The smallest absolute Gasteiger partial charge is 0.408 e. The van der Waals surface area contributed by atoms with Crippen molar-refractivity contribution in [2.24, 2.45) is 0 Å². The Hall–Kier alpha value is -2.89. The Kier molecular flexibility index (Phi) is 4.20. The van der Waals surface area contributed by atoms with E-state index in [1.807, 2.05) is 6.07 Å². The minimum atomic E-state index is -1.04. The molecule has 5 nitrogen and oxygen atoms in total. The van der Waals surface area contributed by atoms with Gasteiger partial charge in [-0.3, -0.25) is 9.69 Å². The number of hydrogen-bond donors (Lipinski definition) is 2. The van der Waals surface area contributed by atoms with E-state index in [0.29, 0.717) is 24.1 Å². The number of rotatable bonds is 2. The maximum Gasteiger partial charge on any atom is 0.408 e. The van der Waals surface area contributed by atoms with Gasteiger partial charge in [-0.05, 0) is 47.4 Å². The molecule has 1 atom stereocenters. The Balaban J connectivity index is 2.14. The maximum absolute atomic E-state index is 13.2. The van der Waals surface area contributed by atoms with Crippen LogP contribution in [0, 0.1) is 5.82 Å². The average Bonchev–Trinajstić information content (AvgIpc) is 2.60. The van der Waals surface area contributed by atoms with E-state index in [4.69, 9.17) is 0 Å². The van der Waals surface area contributed by atoms with Crippen LogP contribution >= 0.6 is 0 Å². The van der Waals surface area contributed by atoms with Crippen molar-refractivity contribution in [1.82, 2.24) is 10.2 Å². The standard InChI is InChI=1S/C18H17FN2O3/c1-20-17(22)13-3-2-11-8-9-21(18(23)24)16(15(11)10-13)12-4-6-14(19)7-5-12/h2-7,10,16H,8-9H2,1H3,(H,20,22)(H,23,24)/t16-/m0/s1. The van der Waals surface area contributed by atoms with Gasteiger partial charge in [-0.1, -0.05) is 18.2 Å². The van der Waals surface area contributed by atoms with Gasteiger partial charge in [-0.2, -0.15) is 0 Å². The highest BCUT2D eigenvalue weighted by molar-refractivity contribution is 5.94. The zero-order chi connectivity index (χ0) is 17.3. The zero-order valence-electron chi connectivity index (χ0n) is 13.1. The molecule has 2 aromatic rings. The van der Waals surface area contributed by atoms with Crippen molar-refractivity contribution in [3.8, 4) is 0 Å². The van der Waals surface area contributed by atoms with Gasteiger partial charge in [0.15, 0.2) is 0 Å². The number of nitrogens with one attached hydrogen (secondary N) is 1. The number of halogens is 1. The van der Waals surface area contributed by atoms with Crippen LogP contribution in [-0.2, 0) is 6.42 Å². The van der Waals surface area contributed by atoms with Crippen molar-refractivity contribution >= 4 is 12.0 Å². The van der Waals surface area contributed by atoms with Crippen molar-refractivity contribution < 1.29 is 19.1 Å². The van der Waals surface area contributed by atoms with Gasteiger partial charge >= 0.3 is 6.09 Å². The summed E-state index contributed by atoms with van der Waals surface area (Å²) in [5, 5.41) is 12.1. The normalized spacial score (nSPS) is 16.4. The lowest BCUT2D eigenvalue weighted by atomic mass is 9.87. The summed E-state index contributed by atoms with van der Waals surface area (Å²) < 4.78 is 13.2. The molecule has 0 fully saturated rings. The summed E-state index contributed by atoms with van der Waals surface area (Å²) in [5.74, 6) is -0.612. The molecule has 24 heavy (non-hydrogen) atoms. The molecule has 0 saturated heterocycles. The third-order valence-corrected chi connectivity index (χ3v) is 4.29. The third-order valence-electron chi connectivity index (χ3n) is 4.29. The van der Waals surface area contributed by atoms with Crippen LogP contribution < -0.4 is 5.32 Å². The first kappa shape index (κ1) is 16.0. The topological polar surface area (TPSA) is 69.6 Å². The molecule has 3 rings (SSSR count). The van der Waals surface area contributed by atoms with Gasteiger partial charge in [0.25, 0.3) is 5.91 Å². The second kappa shape index (κ2) is 6.31. The van der Waals surface area contributed by atoms with Gasteiger partial charge < -0.3 is 10.4 Å².